The third-order valence-corrected chi connectivity index (χ3v) is 7.29. The summed E-state index contributed by atoms with van der Waals surface area (Å²) in [6.07, 6.45) is 2.51. The fourth-order valence-corrected chi connectivity index (χ4v) is 5.32. The number of hydrogen-bond acceptors (Lipinski definition) is 4. The van der Waals surface area contributed by atoms with Crippen LogP contribution < -0.4 is 4.74 Å². The zero-order chi connectivity index (χ0) is 26.2. The summed E-state index contributed by atoms with van der Waals surface area (Å²) in [4.78, 5) is 31.7. The molecule has 6 heteroatoms. The van der Waals surface area contributed by atoms with Crippen molar-refractivity contribution in [2.45, 2.75) is 12.5 Å². The minimum atomic E-state index is -0.716. The number of likely N-dealkylation sites (tertiary alicyclic amines) is 1. The summed E-state index contributed by atoms with van der Waals surface area (Å²) in [6.45, 7) is 0.323. The number of nitrogens with zero attached hydrogens (tertiary/aromatic N) is 1. The summed E-state index contributed by atoms with van der Waals surface area (Å²) in [5.41, 5.74) is 3.41. The number of methoxy groups -OCH3 is 1. The Hall–Kier alpha value is -4.84. The molecular formula is C32H26N2O4. The highest BCUT2D eigenvalue weighted by atomic mass is 16.5. The normalized spacial score (nSPS) is 17.0. The monoisotopic (exact) mass is 502 g/mol. The predicted molar refractivity (Wildman–Crippen MR) is 148 cm³/mol. The van der Waals surface area contributed by atoms with Crippen molar-refractivity contribution in [2.24, 2.45) is 0 Å². The van der Waals surface area contributed by atoms with Crippen LogP contribution in [0.25, 0.3) is 27.4 Å². The molecule has 1 aliphatic heterocycles. The molecular weight excluding hydrogens is 476 g/mol. The van der Waals surface area contributed by atoms with Gasteiger partial charge in [-0.15, -0.1) is 0 Å². The molecule has 2 heterocycles. The first kappa shape index (κ1) is 23.6. The quantitative estimate of drug-likeness (QED) is 0.170. The van der Waals surface area contributed by atoms with E-state index in [1.165, 1.54) is 0 Å². The summed E-state index contributed by atoms with van der Waals surface area (Å²) in [5, 5.41) is 14.5. The molecule has 1 aromatic heterocycles. The van der Waals surface area contributed by atoms with Gasteiger partial charge in [0.25, 0.3) is 11.7 Å². The van der Waals surface area contributed by atoms with Gasteiger partial charge in [-0.3, -0.25) is 9.59 Å². The molecule has 1 amide bonds. The lowest BCUT2D eigenvalue weighted by molar-refractivity contribution is -0.139. The van der Waals surface area contributed by atoms with E-state index >= 15 is 0 Å². The molecule has 6 rings (SSSR count). The van der Waals surface area contributed by atoms with E-state index in [1.54, 1.807) is 36.3 Å². The Balaban J connectivity index is 1.44. The second-order valence-electron chi connectivity index (χ2n) is 9.44. The molecule has 1 aliphatic rings. The van der Waals surface area contributed by atoms with E-state index in [-0.39, 0.29) is 11.3 Å². The van der Waals surface area contributed by atoms with E-state index in [0.717, 1.165) is 32.8 Å². The van der Waals surface area contributed by atoms with E-state index < -0.39 is 17.7 Å². The number of carbonyl (C=O) groups is 2. The number of carbonyl (C=O) groups excluding carboxylic acids is 2. The first-order valence-electron chi connectivity index (χ1n) is 12.5. The third kappa shape index (κ3) is 4.00. The van der Waals surface area contributed by atoms with Crippen molar-refractivity contribution in [3.63, 3.8) is 0 Å². The number of aliphatic hydroxyl groups excluding tert-OH is 1. The molecule has 1 fully saturated rings. The topological polar surface area (TPSA) is 82.6 Å². The van der Waals surface area contributed by atoms with E-state index in [4.69, 9.17) is 4.74 Å². The first-order valence-corrected chi connectivity index (χ1v) is 12.5. The van der Waals surface area contributed by atoms with Gasteiger partial charge in [0.2, 0.25) is 0 Å². The molecule has 0 bridgehead atoms. The van der Waals surface area contributed by atoms with E-state index in [2.05, 4.69) is 4.98 Å². The number of Topliss-reactive ketones (excluding diaryl/α,β-unsaturated/α-hetero) is 1. The maximum Gasteiger partial charge on any atom is 0.295 e. The maximum absolute atomic E-state index is 13.4. The molecule has 0 radical (unpaired) electrons. The van der Waals surface area contributed by atoms with Gasteiger partial charge in [0.05, 0.1) is 18.7 Å². The van der Waals surface area contributed by atoms with Crippen LogP contribution in [0.15, 0.2) is 103 Å². The first-order chi connectivity index (χ1) is 18.5. The lowest BCUT2D eigenvalue weighted by Gasteiger charge is -2.25. The molecule has 0 saturated carbocycles. The van der Waals surface area contributed by atoms with Crippen LogP contribution in [0.5, 0.6) is 5.75 Å². The Morgan fingerprint density at radius 1 is 0.921 bits per heavy atom. The SMILES string of the molecule is COc1ccc(/C(O)=C2\C(=O)C(=O)N(CCc3c[nH]c4ccccc34)C2c2ccc3ccccc3c2)cc1. The molecule has 5 aromatic rings. The van der Waals surface area contributed by atoms with Crippen LogP contribution in [0.4, 0.5) is 0 Å². The van der Waals surface area contributed by atoms with E-state index in [0.29, 0.717) is 24.3 Å². The van der Waals surface area contributed by atoms with Gasteiger partial charge in [0, 0.05) is 29.2 Å². The van der Waals surface area contributed by atoms with Gasteiger partial charge in [0.1, 0.15) is 11.5 Å². The number of benzene rings is 4. The standard InChI is InChI=1S/C32H26N2O4/c1-38-25-14-12-21(13-15-25)30(35)28-29(23-11-10-20-6-2-3-7-22(20)18-23)34(32(37)31(28)36)17-16-24-19-33-27-9-5-4-8-26(24)27/h2-15,18-19,29,33,35H,16-17H2,1H3/b30-28+. The highest BCUT2D eigenvalue weighted by molar-refractivity contribution is 6.46. The number of nitrogens with one attached hydrogen (secondary N) is 1. The zero-order valence-electron chi connectivity index (χ0n) is 20.8. The van der Waals surface area contributed by atoms with Crippen molar-refractivity contribution in [3.05, 3.63) is 119 Å². The fraction of sp³-hybridized carbons (Fsp3) is 0.125. The molecule has 1 saturated heterocycles. The summed E-state index contributed by atoms with van der Waals surface area (Å²) in [6, 6.07) is 27.9. The number of aromatic amines is 1. The van der Waals surface area contributed by atoms with Gasteiger partial charge in [-0.1, -0.05) is 54.6 Å². The average molecular weight is 503 g/mol. The molecule has 1 unspecified atom stereocenters. The van der Waals surface area contributed by atoms with Crippen LogP contribution in [0.2, 0.25) is 0 Å². The Labute approximate surface area is 219 Å². The number of para-hydroxylation sites is 1. The molecule has 2 N–H and O–H groups in total. The van der Waals surface area contributed by atoms with Crippen molar-refractivity contribution < 1.29 is 19.4 Å². The fourth-order valence-electron chi connectivity index (χ4n) is 5.32. The van der Waals surface area contributed by atoms with Crippen LogP contribution in [0.3, 0.4) is 0 Å². The van der Waals surface area contributed by atoms with Crippen molar-refractivity contribution in [1.29, 1.82) is 0 Å². The van der Waals surface area contributed by atoms with E-state index in [9.17, 15) is 14.7 Å². The van der Waals surface area contributed by atoms with Gasteiger partial charge in [-0.05, 0) is 64.7 Å². The van der Waals surface area contributed by atoms with E-state index in [1.807, 2.05) is 72.9 Å². The van der Waals surface area contributed by atoms with Gasteiger partial charge >= 0.3 is 0 Å². The van der Waals surface area contributed by atoms with Crippen molar-refractivity contribution >= 4 is 39.1 Å². The Morgan fingerprint density at radius 3 is 2.45 bits per heavy atom. The van der Waals surface area contributed by atoms with Crippen LogP contribution >= 0.6 is 0 Å². The summed E-state index contributed by atoms with van der Waals surface area (Å²) < 4.78 is 5.23. The number of aliphatic hydroxyl groups is 1. The number of ether oxygens (including phenoxy) is 1. The van der Waals surface area contributed by atoms with Crippen LogP contribution in [0.1, 0.15) is 22.7 Å². The van der Waals surface area contributed by atoms with Crippen LogP contribution in [-0.2, 0) is 16.0 Å². The number of amides is 1. The Bertz CT molecular complexity index is 1710. The molecule has 6 nitrogen and oxygen atoms in total. The Kier molecular flexibility index (Phi) is 5.92. The predicted octanol–water partition coefficient (Wildman–Crippen LogP) is 5.99. The highest BCUT2D eigenvalue weighted by Gasteiger charge is 2.46. The number of rotatable bonds is 6. The second kappa shape index (κ2) is 9.56. The van der Waals surface area contributed by atoms with Crippen LogP contribution in [-0.4, -0.2) is 40.3 Å². The lowest BCUT2D eigenvalue weighted by atomic mass is 9.93. The van der Waals surface area contributed by atoms with Gasteiger partial charge < -0.3 is 19.7 Å². The molecule has 1 atom stereocenters. The average Bonchev–Trinajstić information content (AvgIpc) is 3.49. The largest absolute Gasteiger partial charge is 0.507 e. The minimum Gasteiger partial charge on any atom is -0.507 e. The summed E-state index contributed by atoms with van der Waals surface area (Å²) >= 11 is 0. The van der Waals surface area contributed by atoms with Crippen LogP contribution in [0, 0.1) is 0 Å². The molecule has 4 aromatic carbocycles. The lowest BCUT2D eigenvalue weighted by Crippen LogP contribution is -2.31. The second-order valence-corrected chi connectivity index (χ2v) is 9.44. The maximum atomic E-state index is 13.4. The number of H-pyrrole nitrogens is 1. The van der Waals surface area contributed by atoms with Crippen molar-refractivity contribution in [2.75, 3.05) is 13.7 Å². The van der Waals surface area contributed by atoms with Gasteiger partial charge in [-0.25, -0.2) is 0 Å². The smallest absolute Gasteiger partial charge is 0.295 e. The van der Waals surface area contributed by atoms with Crippen molar-refractivity contribution in [3.8, 4) is 5.75 Å². The molecule has 38 heavy (non-hydrogen) atoms. The number of hydrogen-bond donors (Lipinski definition) is 2. The minimum absolute atomic E-state index is 0.0920. The third-order valence-electron chi connectivity index (χ3n) is 7.29. The van der Waals surface area contributed by atoms with Gasteiger partial charge in [0.15, 0.2) is 0 Å². The van der Waals surface area contributed by atoms with Gasteiger partial charge in [-0.2, -0.15) is 0 Å². The molecule has 188 valence electrons. The molecule has 0 aliphatic carbocycles. The molecule has 0 spiro atoms. The number of ketones is 1. The highest BCUT2D eigenvalue weighted by Crippen LogP contribution is 2.40. The number of aromatic nitrogens is 1. The summed E-state index contributed by atoms with van der Waals surface area (Å²) in [7, 11) is 1.56. The van der Waals surface area contributed by atoms with Crippen molar-refractivity contribution in [1.82, 2.24) is 9.88 Å². The summed E-state index contributed by atoms with van der Waals surface area (Å²) in [5.74, 6) is -0.862. The number of fused-ring (bicyclic) bond motifs is 2. The Morgan fingerprint density at radius 2 is 1.66 bits per heavy atom. The zero-order valence-corrected chi connectivity index (χ0v) is 20.8.